The Hall–Kier alpha value is -3.73. The van der Waals surface area contributed by atoms with Crippen molar-refractivity contribution in [3.05, 3.63) is 101 Å². The van der Waals surface area contributed by atoms with Gasteiger partial charge in [0.2, 0.25) is 0 Å². The molecule has 1 aliphatic rings. The molecular weight excluding hydrogens is 381 g/mol. The summed E-state index contributed by atoms with van der Waals surface area (Å²) < 4.78 is 18.8. The maximum atomic E-state index is 13.3. The van der Waals surface area contributed by atoms with Gasteiger partial charge >= 0.3 is 6.09 Å². The van der Waals surface area contributed by atoms with Gasteiger partial charge < -0.3 is 10.1 Å². The predicted molar refractivity (Wildman–Crippen MR) is 114 cm³/mol. The summed E-state index contributed by atoms with van der Waals surface area (Å²) in [5.41, 5.74) is 5.49. The van der Waals surface area contributed by atoms with Gasteiger partial charge in [-0.25, -0.2) is 9.18 Å². The minimum atomic E-state index is -0.531. The first-order valence-electron chi connectivity index (χ1n) is 9.67. The molecule has 0 saturated carbocycles. The maximum Gasteiger partial charge on any atom is 0.407 e. The van der Waals surface area contributed by atoms with Gasteiger partial charge in [0.25, 0.3) is 0 Å². The van der Waals surface area contributed by atoms with Gasteiger partial charge in [0.1, 0.15) is 12.4 Å². The number of ether oxygens (including phenoxy) is 1. The smallest absolute Gasteiger partial charge is 0.407 e. The van der Waals surface area contributed by atoms with Crippen LogP contribution in [0.1, 0.15) is 33.0 Å². The predicted octanol–water partition coefficient (Wildman–Crippen LogP) is 5.19. The SMILES string of the molecule is O=Cc1ccc(F)cc1C=CCNC(=O)OCC1c2ccccc2-c2ccccc21. The fourth-order valence-corrected chi connectivity index (χ4v) is 3.77. The van der Waals surface area contributed by atoms with E-state index in [1.807, 2.05) is 24.3 Å². The van der Waals surface area contributed by atoms with Crippen LogP contribution in [0.5, 0.6) is 0 Å². The van der Waals surface area contributed by atoms with Crippen LogP contribution < -0.4 is 5.32 Å². The fraction of sp³-hybridized carbons (Fsp3) is 0.120. The van der Waals surface area contributed by atoms with Crippen LogP contribution in [0.25, 0.3) is 17.2 Å². The maximum absolute atomic E-state index is 13.3. The molecule has 4 rings (SSSR count). The van der Waals surface area contributed by atoms with Crippen LogP contribution in [0.2, 0.25) is 0 Å². The molecule has 30 heavy (non-hydrogen) atoms. The molecule has 0 radical (unpaired) electrons. The van der Waals surface area contributed by atoms with E-state index in [9.17, 15) is 14.0 Å². The first kappa shape index (κ1) is 19.6. The molecule has 0 atom stereocenters. The average molecular weight is 401 g/mol. The lowest BCUT2D eigenvalue weighted by Gasteiger charge is -2.14. The Balaban J connectivity index is 1.35. The van der Waals surface area contributed by atoms with Gasteiger partial charge in [0.15, 0.2) is 6.29 Å². The van der Waals surface area contributed by atoms with Crippen molar-refractivity contribution in [2.45, 2.75) is 5.92 Å². The zero-order chi connectivity index (χ0) is 20.9. The molecular formula is C25H20FNO3. The largest absolute Gasteiger partial charge is 0.449 e. The Bertz CT molecular complexity index is 1080. The lowest BCUT2D eigenvalue weighted by atomic mass is 9.98. The van der Waals surface area contributed by atoms with Crippen molar-refractivity contribution in [3.63, 3.8) is 0 Å². The van der Waals surface area contributed by atoms with Gasteiger partial charge in [0, 0.05) is 18.0 Å². The fourth-order valence-electron chi connectivity index (χ4n) is 3.77. The Labute approximate surface area is 174 Å². The van der Waals surface area contributed by atoms with Crippen molar-refractivity contribution in [1.29, 1.82) is 0 Å². The highest BCUT2D eigenvalue weighted by molar-refractivity contribution is 5.82. The zero-order valence-electron chi connectivity index (χ0n) is 16.2. The number of carbonyl (C=O) groups excluding carboxylic acids is 2. The molecule has 0 bridgehead atoms. The molecule has 0 heterocycles. The van der Waals surface area contributed by atoms with E-state index in [1.54, 1.807) is 12.2 Å². The van der Waals surface area contributed by atoms with Crippen LogP contribution in [0, 0.1) is 5.82 Å². The van der Waals surface area contributed by atoms with Crippen molar-refractivity contribution in [3.8, 4) is 11.1 Å². The van der Waals surface area contributed by atoms with Crippen LogP contribution in [-0.4, -0.2) is 25.5 Å². The van der Waals surface area contributed by atoms with Gasteiger partial charge in [0.05, 0.1) is 0 Å². The first-order chi connectivity index (χ1) is 14.7. The zero-order valence-corrected chi connectivity index (χ0v) is 16.2. The molecule has 4 nitrogen and oxygen atoms in total. The van der Waals surface area contributed by atoms with Crippen LogP contribution in [-0.2, 0) is 4.74 Å². The van der Waals surface area contributed by atoms with Crippen molar-refractivity contribution in [2.75, 3.05) is 13.2 Å². The number of fused-ring (bicyclic) bond motifs is 3. The van der Waals surface area contributed by atoms with E-state index in [4.69, 9.17) is 4.74 Å². The Morgan fingerprint density at radius 3 is 2.30 bits per heavy atom. The van der Waals surface area contributed by atoms with Gasteiger partial charge in [-0.1, -0.05) is 60.7 Å². The number of hydrogen-bond acceptors (Lipinski definition) is 3. The quantitative estimate of drug-likeness (QED) is 0.579. The van der Waals surface area contributed by atoms with E-state index >= 15 is 0 Å². The Morgan fingerprint density at radius 1 is 0.967 bits per heavy atom. The van der Waals surface area contributed by atoms with Crippen molar-refractivity contribution in [1.82, 2.24) is 5.32 Å². The number of nitrogens with one attached hydrogen (secondary N) is 1. The number of aldehydes is 1. The third-order valence-electron chi connectivity index (χ3n) is 5.18. The molecule has 3 aromatic rings. The summed E-state index contributed by atoms with van der Waals surface area (Å²) in [4.78, 5) is 23.1. The van der Waals surface area contributed by atoms with Crippen LogP contribution in [0.3, 0.4) is 0 Å². The van der Waals surface area contributed by atoms with Crippen LogP contribution in [0.4, 0.5) is 9.18 Å². The summed E-state index contributed by atoms with van der Waals surface area (Å²) in [5, 5.41) is 2.65. The number of alkyl carbamates (subject to hydrolysis) is 1. The van der Waals surface area contributed by atoms with Gasteiger partial charge in [-0.2, -0.15) is 0 Å². The van der Waals surface area contributed by atoms with Gasteiger partial charge in [-0.15, -0.1) is 0 Å². The van der Waals surface area contributed by atoms with Gasteiger partial charge in [-0.3, -0.25) is 4.79 Å². The van der Waals surface area contributed by atoms with E-state index in [0.717, 1.165) is 11.1 Å². The molecule has 0 spiro atoms. The van der Waals surface area contributed by atoms with Crippen LogP contribution in [0.15, 0.2) is 72.8 Å². The molecule has 0 saturated heterocycles. The second kappa shape index (κ2) is 8.74. The lowest BCUT2D eigenvalue weighted by Crippen LogP contribution is -2.26. The van der Waals surface area contributed by atoms with E-state index in [0.29, 0.717) is 17.4 Å². The van der Waals surface area contributed by atoms with E-state index in [1.165, 1.54) is 29.3 Å². The molecule has 5 heteroatoms. The van der Waals surface area contributed by atoms with Crippen LogP contribution >= 0.6 is 0 Å². The molecule has 3 aromatic carbocycles. The Kier molecular flexibility index (Phi) is 5.70. The molecule has 0 fully saturated rings. The summed E-state index contributed by atoms with van der Waals surface area (Å²) in [5.74, 6) is -0.425. The van der Waals surface area contributed by atoms with Gasteiger partial charge in [-0.05, 0) is 46.0 Å². The third-order valence-corrected chi connectivity index (χ3v) is 5.18. The molecule has 150 valence electrons. The second-order valence-corrected chi connectivity index (χ2v) is 7.00. The summed E-state index contributed by atoms with van der Waals surface area (Å²) in [6.07, 6.45) is 3.37. The summed E-state index contributed by atoms with van der Waals surface area (Å²) >= 11 is 0. The summed E-state index contributed by atoms with van der Waals surface area (Å²) in [6.45, 7) is 0.439. The number of hydrogen-bond donors (Lipinski definition) is 1. The first-order valence-corrected chi connectivity index (χ1v) is 9.67. The molecule has 0 aromatic heterocycles. The highest BCUT2D eigenvalue weighted by Crippen LogP contribution is 2.44. The van der Waals surface area contributed by atoms with Crippen molar-refractivity contribution >= 4 is 18.5 Å². The highest BCUT2D eigenvalue weighted by Gasteiger charge is 2.28. The highest BCUT2D eigenvalue weighted by atomic mass is 19.1. The van der Waals surface area contributed by atoms with E-state index < -0.39 is 11.9 Å². The molecule has 1 aliphatic carbocycles. The third kappa shape index (κ3) is 4.01. The minimum absolute atomic E-state index is 0.00105. The van der Waals surface area contributed by atoms with E-state index in [2.05, 4.69) is 29.6 Å². The monoisotopic (exact) mass is 401 g/mol. The molecule has 1 N–H and O–H groups in total. The lowest BCUT2D eigenvalue weighted by molar-refractivity contribution is 0.112. The van der Waals surface area contributed by atoms with Crippen molar-refractivity contribution < 1.29 is 18.7 Å². The minimum Gasteiger partial charge on any atom is -0.449 e. The normalized spacial score (nSPS) is 12.4. The number of benzene rings is 3. The standard InChI is InChI=1S/C25H20FNO3/c26-19-12-11-18(15-28)17(14-19)6-5-13-27-25(29)30-16-24-22-9-3-1-7-20(22)21-8-2-4-10-23(21)24/h1-12,14-15,24H,13,16H2,(H,27,29). The second-order valence-electron chi connectivity index (χ2n) is 7.00. The average Bonchev–Trinajstić information content (AvgIpc) is 3.09. The number of amides is 1. The number of carbonyl (C=O) groups is 2. The summed E-state index contributed by atoms with van der Waals surface area (Å²) in [7, 11) is 0. The topological polar surface area (TPSA) is 55.4 Å². The number of rotatable bonds is 6. The van der Waals surface area contributed by atoms with E-state index in [-0.39, 0.29) is 19.1 Å². The molecule has 0 unspecified atom stereocenters. The number of halogens is 1. The molecule has 1 amide bonds. The molecule has 0 aliphatic heterocycles. The summed E-state index contributed by atoms with van der Waals surface area (Å²) in [6, 6.07) is 20.2. The van der Waals surface area contributed by atoms with Crippen molar-refractivity contribution in [2.24, 2.45) is 0 Å². The Morgan fingerprint density at radius 2 is 1.63 bits per heavy atom.